The van der Waals surface area contributed by atoms with E-state index >= 15 is 0 Å². The Morgan fingerprint density at radius 2 is 1.87 bits per heavy atom. The van der Waals surface area contributed by atoms with Crippen LogP contribution in [0.1, 0.15) is 19.8 Å². The molecule has 1 aliphatic rings. The average molecular weight is 229 g/mol. The van der Waals surface area contributed by atoms with E-state index in [1.54, 1.807) is 19.0 Å². The number of carbonyl (C=O) groups is 1. The first-order chi connectivity index (χ1) is 6.87. The van der Waals surface area contributed by atoms with Crippen molar-refractivity contribution in [3.8, 4) is 0 Å². The standard InChI is InChI=1S/C10H19N3OS/c1-10(8(11)15)4-6-13(7-5-10)9(14)12(2)3/h4-7H2,1-3H3,(H2,11,15). The second-order valence-electron chi connectivity index (χ2n) is 4.59. The summed E-state index contributed by atoms with van der Waals surface area (Å²) in [6.07, 6.45) is 1.73. The maximum absolute atomic E-state index is 11.7. The Hall–Kier alpha value is -0.840. The lowest BCUT2D eigenvalue weighted by Crippen LogP contribution is -2.49. The minimum absolute atomic E-state index is 0.0694. The minimum Gasteiger partial charge on any atom is -0.393 e. The molecule has 1 heterocycles. The molecule has 0 unspecified atom stereocenters. The largest absolute Gasteiger partial charge is 0.393 e. The van der Waals surface area contributed by atoms with E-state index < -0.39 is 0 Å². The fourth-order valence-corrected chi connectivity index (χ4v) is 1.92. The van der Waals surface area contributed by atoms with Gasteiger partial charge in [-0.1, -0.05) is 19.1 Å². The van der Waals surface area contributed by atoms with Crippen molar-refractivity contribution in [2.24, 2.45) is 11.1 Å². The van der Waals surface area contributed by atoms with Gasteiger partial charge >= 0.3 is 6.03 Å². The van der Waals surface area contributed by atoms with E-state index in [2.05, 4.69) is 6.92 Å². The fourth-order valence-electron chi connectivity index (χ4n) is 1.72. The Kier molecular flexibility index (Phi) is 3.54. The lowest BCUT2D eigenvalue weighted by Gasteiger charge is -2.39. The van der Waals surface area contributed by atoms with Crippen LogP contribution in [0.5, 0.6) is 0 Å². The number of rotatable bonds is 1. The van der Waals surface area contributed by atoms with Crippen LogP contribution in [0.15, 0.2) is 0 Å². The van der Waals surface area contributed by atoms with Crippen molar-refractivity contribution >= 4 is 23.2 Å². The van der Waals surface area contributed by atoms with Crippen LogP contribution in [-0.2, 0) is 0 Å². The van der Waals surface area contributed by atoms with Gasteiger partial charge in [0.2, 0.25) is 0 Å². The summed E-state index contributed by atoms with van der Waals surface area (Å²) >= 11 is 5.05. The summed E-state index contributed by atoms with van der Waals surface area (Å²) in [4.78, 5) is 15.7. The van der Waals surface area contributed by atoms with Gasteiger partial charge in [0, 0.05) is 32.6 Å². The highest BCUT2D eigenvalue weighted by molar-refractivity contribution is 7.80. The van der Waals surface area contributed by atoms with Crippen molar-refractivity contribution in [3.05, 3.63) is 0 Å². The monoisotopic (exact) mass is 229 g/mol. The Morgan fingerprint density at radius 1 is 1.40 bits per heavy atom. The van der Waals surface area contributed by atoms with Crippen LogP contribution in [0.3, 0.4) is 0 Å². The molecular weight excluding hydrogens is 210 g/mol. The zero-order chi connectivity index (χ0) is 11.6. The first kappa shape index (κ1) is 12.2. The van der Waals surface area contributed by atoms with Gasteiger partial charge in [-0.05, 0) is 12.8 Å². The Balaban J connectivity index is 2.56. The van der Waals surface area contributed by atoms with Crippen molar-refractivity contribution in [2.45, 2.75) is 19.8 Å². The third-order valence-corrected chi connectivity index (χ3v) is 3.61. The van der Waals surface area contributed by atoms with Crippen LogP contribution in [0.4, 0.5) is 4.79 Å². The number of hydrogen-bond acceptors (Lipinski definition) is 2. The summed E-state index contributed by atoms with van der Waals surface area (Å²) in [7, 11) is 3.54. The predicted octanol–water partition coefficient (Wildman–Crippen LogP) is 1.06. The number of nitrogens with zero attached hydrogens (tertiary/aromatic N) is 2. The maximum Gasteiger partial charge on any atom is 0.319 e. The molecular formula is C10H19N3OS. The molecule has 1 fully saturated rings. The molecule has 86 valence electrons. The number of hydrogen-bond donors (Lipinski definition) is 1. The lowest BCUT2D eigenvalue weighted by atomic mass is 9.80. The van der Waals surface area contributed by atoms with Crippen molar-refractivity contribution in [1.82, 2.24) is 9.80 Å². The van der Waals surface area contributed by atoms with Crippen LogP contribution in [0.25, 0.3) is 0 Å². The van der Waals surface area contributed by atoms with Gasteiger partial charge in [0.1, 0.15) is 0 Å². The van der Waals surface area contributed by atoms with E-state index in [-0.39, 0.29) is 11.4 Å². The molecule has 0 aromatic rings. The molecule has 4 nitrogen and oxygen atoms in total. The second-order valence-corrected chi connectivity index (χ2v) is 5.03. The molecule has 1 aliphatic heterocycles. The zero-order valence-corrected chi connectivity index (χ0v) is 10.4. The highest BCUT2D eigenvalue weighted by Gasteiger charge is 2.34. The Labute approximate surface area is 96.4 Å². The Morgan fingerprint density at radius 3 is 2.20 bits per heavy atom. The lowest BCUT2D eigenvalue weighted by molar-refractivity contribution is 0.139. The van der Waals surface area contributed by atoms with Crippen molar-refractivity contribution in [2.75, 3.05) is 27.2 Å². The molecule has 0 saturated carbocycles. The fraction of sp³-hybridized carbons (Fsp3) is 0.800. The summed E-state index contributed by atoms with van der Waals surface area (Å²) in [6.45, 7) is 3.56. The number of nitrogens with two attached hydrogens (primary N) is 1. The highest BCUT2D eigenvalue weighted by Crippen LogP contribution is 2.31. The quantitative estimate of drug-likeness (QED) is 0.684. The van der Waals surface area contributed by atoms with Gasteiger partial charge in [0.25, 0.3) is 0 Å². The SMILES string of the molecule is CN(C)C(=O)N1CCC(C)(C(N)=S)CC1. The topological polar surface area (TPSA) is 49.6 Å². The summed E-state index contributed by atoms with van der Waals surface area (Å²) in [6, 6.07) is 0.0694. The molecule has 1 rings (SSSR count). The number of amides is 2. The van der Waals surface area contributed by atoms with Crippen molar-refractivity contribution in [1.29, 1.82) is 0 Å². The van der Waals surface area contributed by atoms with Crippen LogP contribution in [-0.4, -0.2) is 48.0 Å². The highest BCUT2D eigenvalue weighted by atomic mass is 32.1. The Bertz CT molecular complexity index is 270. The minimum atomic E-state index is -0.0710. The van der Waals surface area contributed by atoms with E-state index in [0.717, 1.165) is 25.9 Å². The summed E-state index contributed by atoms with van der Waals surface area (Å²) in [5, 5.41) is 0. The molecule has 1 saturated heterocycles. The average Bonchev–Trinajstić information content (AvgIpc) is 2.17. The van der Waals surface area contributed by atoms with E-state index in [4.69, 9.17) is 18.0 Å². The number of urea groups is 1. The first-order valence-electron chi connectivity index (χ1n) is 5.13. The van der Waals surface area contributed by atoms with Crippen LogP contribution >= 0.6 is 12.2 Å². The molecule has 5 heteroatoms. The van der Waals surface area contributed by atoms with Crippen molar-refractivity contribution in [3.63, 3.8) is 0 Å². The molecule has 2 N–H and O–H groups in total. The second kappa shape index (κ2) is 4.35. The molecule has 2 amide bonds. The molecule has 0 bridgehead atoms. The molecule has 0 spiro atoms. The molecule has 0 radical (unpaired) electrons. The van der Waals surface area contributed by atoms with E-state index in [1.807, 2.05) is 4.90 Å². The van der Waals surface area contributed by atoms with Gasteiger partial charge < -0.3 is 15.5 Å². The van der Waals surface area contributed by atoms with Crippen LogP contribution < -0.4 is 5.73 Å². The number of carbonyl (C=O) groups excluding carboxylic acids is 1. The smallest absolute Gasteiger partial charge is 0.319 e. The molecule has 0 aromatic carbocycles. The van der Waals surface area contributed by atoms with Crippen LogP contribution in [0.2, 0.25) is 0 Å². The van der Waals surface area contributed by atoms with E-state index in [9.17, 15) is 4.79 Å². The molecule has 0 aromatic heterocycles. The number of thiocarbonyl (C=S) groups is 1. The van der Waals surface area contributed by atoms with E-state index in [1.165, 1.54) is 0 Å². The molecule has 15 heavy (non-hydrogen) atoms. The summed E-state index contributed by atoms with van der Waals surface area (Å²) in [5.41, 5.74) is 5.63. The zero-order valence-electron chi connectivity index (χ0n) is 9.62. The summed E-state index contributed by atoms with van der Waals surface area (Å²) < 4.78 is 0. The van der Waals surface area contributed by atoms with Crippen LogP contribution in [0, 0.1) is 5.41 Å². The summed E-state index contributed by atoms with van der Waals surface area (Å²) in [5.74, 6) is 0. The van der Waals surface area contributed by atoms with Gasteiger partial charge in [-0.3, -0.25) is 0 Å². The molecule has 0 aliphatic carbocycles. The van der Waals surface area contributed by atoms with Gasteiger partial charge in [-0.2, -0.15) is 0 Å². The molecule has 0 atom stereocenters. The number of piperidine rings is 1. The number of likely N-dealkylation sites (tertiary alicyclic amines) is 1. The maximum atomic E-state index is 11.7. The normalized spacial score (nSPS) is 19.8. The van der Waals surface area contributed by atoms with Crippen molar-refractivity contribution < 1.29 is 4.79 Å². The van der Waals surface area contributed by atoms with Gasteiger partial charge in [-0.25, -0.2) is 4.79 Å². The third-order valence-electron chi connectivity index (χ3n) is 3.11. The van der Waals surface area contributed by atoms with Gasteiger partial charge in [-0.15, -0.1) is 0 Å². The van der Waals surface area contributed by atoms with Gasteiger partial charge in [0.15, 0.2) is 0 Å². The van der Waals surface area contributed by atoms with Gasteiger partial charge in [0.05, 0.1) is 4.99 Å². The third kappa shape index (κ3) is 2.59. The van der Waals surface area contributed by atoms with E-state index in [0.29, 0.717) is 4.99 Å². The first-order valence-corrected chi connectivity index (χ1v) is 5.54. The predicted molar refractivity (Wildman–Crippen MR) is 64.8 cm³/mol.